The molecule has 0 atom stereocenters. The van der Waals surface area contributed by atoms with Crippen molar-refractivity contribution in [3.05, 3.63) is 17.6 Å². The van der Waals surface area contributed by atoms with Gasteiger partial charge in [0.25, 0.3) is 15.0 Å². The molecule has 1 fully saturated rings. The average Bonchev–Trinajstić information content (AvgIpc) is 2.92. The van der Waals surface area contributed by atoms with Gasteiger partial charge >= 0.3 is 0 Å². The zero-order valence-corrected chi connectivity index (χ0v) is 13.1. The third-order valence-corrected chi connectivity index (χ3v) is 5.27. The van der Waals surface area contributed by atoms with Crippen LogP contribution >= 0.6 is 10.7 Å². The Morgan fingerprint density at radius 1 is 1.45 bits per heavy atom. The van der Waals surface area contributed by atoms with Gasteiger partial charge in [0.05, 0.1) is 0 Å². The first kappa shape index (κ1) is 15.4. The van der Waals surface area contributed by atoms with Crippen LogP contribution in [0.5, 0.6) is 0 Å². The highest BCUT2D eigenvalue weighted by molar-refractivity contribution is 8.13. The van der Waals surface area contributed by atoms with Crippen LogP contribution in [0.4, 0.5) is 0 Å². The number of aryl methyl sites for hydroxylation is 1. The summed E-state index contributed by atoms with van der Waals surface area (Å²) < 4.78 is 27.7. The van der Waals surface area contributed by atoms with Crippen molar-refractivity contribution in [1.29, 1.82) is 0 Å². The van der Waals surface area contributed by atoms with E-state index >= 15 is 0 Å². The van der Waals surface area contributed by atoms with Gasteiger partial charge in [-0.3, -0.25) is 4.79 Å². The van der Waals surface area contributed by atoms with Gasteiger partial charge in [0.15, 0.2) is 5.76 Å². The number of hydrogen-bond acceptors (Lipinski definition) is 4. The van der Waals surface area contributed by atoms with E-state index in [1.54, 1.807) is 0 Å². The number of rotatable bonds is 4. The Morgan fingerprint density at radius 3 is 2.55 bits per heavy atom. The van der Waals surface area contributed by atoms with E-state index in [1.807, 2.05) is 0 Å². The highest BCUT2D eigenvalue weighted by Gasteiger charge is 2.30. The van der Waals surface area contributed by atoms with E-state index in [9.17, 15) is 13.2 Å². The Kier molecular flexibility index (Phi) is 4.16. The number of furan rings is 1. The van der Waals surface area contributed by atoms with Crippen LogP contribution in [0.3, 0.4) is 0 Å². The molecule has 1 amide bonds. The number of amides is 1. The summed E-state index contributed by atoms with van der Waals surface area (Å²) in [5, 5.41) is 2.80. The molecule has 1 aliphatic rings. The molecule has 0 aromatic carbocycles. The molecule has 1 aromatic rings. The smallest absolute Gasteiger partial charge is 0.287 e. The van der Waals surface area contributed by atoms with Crippen LogP contribution in [0.2, 0.25) is 0 Å². The van der Waals surface area contributed by atoms with E-state index in [0.29, 0.717) is 6.54 Å². The van der Waals surface area contributed by atoms with Gasteiger partial charge in [0, 0.05) is 23.3 Å². The number of hydrogen-bond donors (Lipinski definition) is 1. The van der Waals surface area contributed by atoms with Crippen molar-refractivity contribution >= 4 is 25.6 Å². The fraction of sp³-hybridized carbons (Fsp3) is 0.615. The van der Waals surface area contributed by atoms with Gasteiger partial charge in [0.2, 0.25) is 0 Å². The van der Waals surface area contributed by atoms with E-state index in [1.165, 1.54) is 25.8 Å². The van der Waals surface area contributed by atoms with Crippen molar-refractivity contribution < 1.29 is 17.6 Å². The van der Waals surface area contributed by atoms with Gasteiger partial charge in [-0.15, -0.1) is 0 Å². The molecule has 0 radical (unpaired) electrons. The second kappa shape index (κ2) is 5.41. The molecule has 1 saturated carbocycles. The average molecular weight is 320 g/mol. The maximum absolute atomic E-state index is 12.0. The lowest BCUT2D eigenvalue weighted by Crippen LogP contribution is -2.33. The van der Waals surface area contributed by atoms with E-state index in [0.717, 1.165) is 12.8 Å². The zero-order chi connectivity index (χ0) is 15.0. The first-order valence-corrected chi connectivity index (χ1v) is 8.86. The minimum Gasteiger partial charge on any atom is -0.455 e. The van der Waals surface area contributed by atoms with Crippen LogP contribution < -0.4 is 5.32 Å². The van der Waals surface area contributed by atoms with Crippen molar-refractivity contribution in [3.8, 4) is 0 Å². The monoisotopic (exact) mass is 319 g/mol. The first-order valence-electron chi connectivity index (χ1n) is 6.55. The summed E-state index contributed by atoms with van der Waals surface area (Å²) >= 11 is 0. The second-order valence-corrected chi connectivity index (χ2v) is 8.20. The van der Waals surface area contributed by atoms with Crippen molar-refractivity contribution in [3.63, 3.8) is 0 Å². The zero-order valence-electron chi connectivity index (χ0n) is 11.5. The van der Waals surface area contributed by atoms with Crippen molar-refractivity contribution in [1.82, 2.24) is 5.32 Å². The SMILES string of the molecule is Cc1oc(C(=O)NCC2(C)CCCC2)cc1S(=O)(=O)Cl. The fourth-order valence-corrected chi connectivity index (χ4v) is 3.70. The molecule has 1 heterocycles. The molecule has 7 heteroatoms. The van der Waals surface area contributed by atoms with Crippen molar-refractivity contribution in [2.45, 2.75) is 44.4 Å². The van der Waals surface area contributed by atoms with E-state index in [-0.39, 0.29) is 21.8 Å². The van der Waals surface area contributed by atoms with Crippen LogP contribution in [0.25, 0.3) is 0 Å². The molecule has 1 aliphatic carbocycles. The van der Waals surface area contributed by atoms with Crippen LogP contribution in [0.15, 0.2) is 15.4 Å². The number of carbonyl (C=O) groups excluding carboxylic acids is 1. The molecule has 1 aromatic heterocycles. The summed E-state index contributed by atoms with van der Waals surface area (Å²) in [5.74, 6) is -0.312. The maximum Gasteiger partial charge on any atom is 0.287 e. The quantitative estimate of drug-likeness (QED) is 0.866. The molecule has 0 spiro atoms. The Labute approximate surface area is 123 Å². The third-order valence-electron chi connectivity index (χ3n) is 3.85. The topological polar surface area (TPSA) is 76.4 Å². The first-order chi connectivity index (χ1) is 9.21. The predicted octanol–water partition coefficient (Wildman–Crippen LogP) is 2.83. The van der Waals surface area contributed by atoms with Crippen molar-refractivity contribution in [2.75, 3.05) is 6.54 Å². The van der Waals surface area contributed by atoms with E-state index in [4.69, 9.17) is 15.1 Å². The lowest BCUT2D eigenvalue weighted by molar-refractivity contribution is 0.0905. The fourth-order valence-electron chi connectivity index (χ4n) is 2.61. The summed E-state index contributed by atoms with van der Waals surface area (Å²) in [6.45, 7) is 4.17. The molecule has 5 nitrogen and oxygen atoms in total. The summed E-state index contributed by atoms with van der Waals surface area (Å²) in [7, 11) is 1.37. The van der Waals surface area contributed by atoms with Gasteiger partial charge in [-0.05, 0) is 25.2 Å². The standard InChI is InChI=1S/C13H18ClNO4S/c1-9-11(20(14,17)18)7-10(19-9)12(16)15-8-13(2)5-3-4-6-13/h7H,3-6,8H2,1-2H3,(H,15,16). The van der Waals surface area contributed by atoms with Gasteiger partial charge in [-0.2, -0.15) is 0 Å². The molecule has 0 aliphatic heterocycles. The number of carbonyl (C=O) groups is 1. The number of nitrogens with one attached hydrogen (secondary N) is 1. The molecule has 0 unspecified atom stereocenters. The highest BCUT2D eigenvalue weighted by atomic mass is 35.7. The van der Waals surface area contributed by atoms with Crippen LogP contribution in [0.1, 0.15) is 48.9 Å². The maximum atomic E-state index is 12.0. The normalized spacial score (nSPS) is 18.1. The molecule has 0 bridgehead atoms. The second-order valence-electron chi connectivity index (χ2n) is 5.67. The highest BCUT2D eigenvalue weighted by Crippen LogP contribution is 2.36. The minimum absolute atomic E-state index is 0.0247. The molecule has 0 saturated heterocycles. The molecule has 20 heavy (non-hydrogen) atoms. The van der Waals surface area contributed by atoms with Gasteiger partial charge < -0.3 is 9.73 Å². The minimum atomic E-state index is -3.89. The molecule has 112 valence electrons. The predicted molar refractivity (Wildman–Crippen MR) is 75.4 cm³/mol. The Bertz CT molecular complexity index is 614. The molecule has 2 rings (SSSR count). The Balaban J connectivity index is 2.07. The van der Waals surface area contributed by atoms with Crippen LogP contribution in [0, 0.1) is 12.3 Å². The van der Waals surface area contributed by atoms with E-state index < -0.39 is 15.0 Å². The van der Waals surface area contributed by atoms with Crippen molar-refractivity contribution in [2.24, 2.45) is 5.41 Å². The van der Waals surface area contributed by atoms with Gasteiger partial charge in [-0.25, -0.2) is 8.42 Å². The van der Waals surface area contributed by atoms with E-state index in [2.05, 4.69) is 12.2 Å². The van der Waals surface area contributed by atoms with Crippen LogP contribution in [-0.4, -0.2) is 20.9 Å². The molecule has 1 N–H and O–H groups in total. The lowest BCUT2D eigenvalue weighted by atomic mass is 9.89. The lowest BCUT2D eigenvalue weighted by Gasteiger charge is -2.23. The molecular weight excluding hydrogens is 302 g/mol. The Morgan fingerprint density at radius 2 is 2.05 bits per heavy atom. The van der Waals surface area contributed by atoms with Gasteiger partial charge in [0.1, 0.15) is 10.7 Å². The number of halogens is 1. The van der Waals surface area contributed by atoms with Crippen LogP contribution in [-0.2, 0) is 9.05 Å². The Hall–Kier alpha value is -1.01. The third kappa shape index (κ3) is 3.35. The summed E-state index contributed by atoms with van der Waals surface area (Å²) in [6, 6.07) is 1.17. The summed E-state index contributed by atoms with van der Waals surface area (Å²) in [5.41, 5.74) is 0.124. The summed E-state index contributed by atoms with van der Waals surface area (Å²) in [6.07, 6.45) is 4.54. The summed E-state index contributed by atoms with van der Waals surface area (Å²) in [4.78, 5) is 11.8. The largest absolute Gasteiger partial charge is 0.455 e. The molecular formula is C13H18ClNO4S. The van der Waals surface area contributed by atoms with Gasteiger partial charge in [-0.1, -0.05) is 19.8 Å².